The summed E-state index contributed by atoms with van der Waals surface area (Å²) in [6, 6.07) is 9.36. The Morgan fingerprint density at radius 1 is 1.19 bits per heavy atom. The molecule has 3 rings (SSSR count). The summed E-state index contributed by atoms with van der Waals surface area (Å²) in [4.78, 5) is 16.6. The van der Waals surface area contributed by atoms with Crippen LogP contribution in [-0.2, 0) is 0 Å². The van der Waals surface area contributed by atoms with Crippen LogP contribution in [0.3, 0.4) is 0 Å². The van der Waals surface area contributed by atoms with Crippen molar-refractivity contribution in [1.82, 2.24) is 15.2 Å². The number of anilines is 1. The molecule has 0 saturated carbocycles. The van der Waals surface area contributed by atoms with E-state index < -0.39 is 0 Å². The maximum absolute atomic E-state index is 11.7. The van der Waals surface area contributed by atoms with Gasteiger partial charge in [-0.15, -0.1) is 0 Å². The van der Waals surface area contributed by atoms with Crippen LogP contribution in [0.2, 0.25) is 0 Å². The number of benzene rings is 1. The van der Waals surface area contributed by atoms with Crippen LogP contribution in [0.4, 0.5) is 5.69 Å². The van der Waals surface area contributed by atoms with Crippen molar-refractivity contribution in [3.8, 4) is 17.0 Å². The van der Waals surface area contributed by atoms with Gasteiger partial charge < -0.3 is 14.6 Å². The third-order valence-corrected chi connectivity index (χ3v) is 3.38. The predicted molar refractivity (Wildman–Crippen MR) is 83.0 cm³/mol. The Labute approximate surface area is 121 Å². The summed E-state index contributed by atoms with van der Waals surface area (Å²) in [5.74, 6) is 0.483. The highest BCUT2D eigenvalue weighted by Gasteiger charge is 2.13. The fraction of sp³-hybridized carbons (Fsp3) is 0.200. The molecular formula is C15H16N4O2. The van der Waals surface area contributed by atoms with Crippen LogP contribution in [0, 0.1) is 0 Å². The number of ether oxygens (including phenoxy) is 1. The molecule has 3 aromatic rings. The maximum atomic E-state index is 11.7. The number of nitrogens with zero attached hydrogens (tertiary/aromatic N) is 2. The van der Waals surface area contributed by atoms with E-state index in [9.17, 15) is 4.79 Å². The van der Waals surface area contributed by atoms with Crippen molar-refractivity contribution in [3.05, 3.63) is 40.7 Å². The van der Waals surface area contributed by atoms with Crippen LogP contribution in [0.5, 0.6) is 5.75 Å². The Bertz CT molecular complexity index is 848. The SMILES string of the molecule is COc1cc(=O)[nH]c2c(-c3cccc(N(C)C)c3)n[nH]c12. The maximum Gasteiger partial charge on any atom is 0.252 e. The summed E-state index contributed by atoms with van der Waals surface area (Å²) in [6.45, 7) is 0. The molecule has 0 spiro atoms. The Balaban J connectivity index is 2.24. The summed E-state index contributed by atoms with van der Waals surface area (Å²) in [5, 5.41) is 7.25. The molecule has 0 unspecified atom stereocenters. The van der Waals surface area contributed by atoms with Crippen molar-refractivity contribution in [2.45, 2.75) is 0 Å². The minimum Gasteiger partial charge on any atom is -0.494 e. The number of H-pyrrole nitrogens is 2. The Kier molecular flexibility index (Phi) is 3.13. The normalized spacial score (nSPS) is 10.8. The number of hydrogen-bond donors (Lipinski definition) is 2. The van der Waals surface area contributed by atoms with Crippen LogP contribution in [0.15, 0.2) is 35.1 Å². The first-order valence-corrected chi connectivity index (χ1v) is 6.53. The lowest BCUT2D eigenvalue weighted by Crippen LogP contribution is -2.08. The van der Waals surface area contributed by atoms with Gasteiger partial charge >= 0.3 is 0 Å². The lowest BCUT2D eigenvalue weighted by molar-refractivity contribution is 0.418. The lowest BCUT2D eigenvalue weighted by Gasteiger charge is -2.12. The molecule has 0 radical (unpaired) electrons. The molecule has 6 heteroatoms. The van der Waals surface area contributed by atoms with Crippen molar-refractivity contribution >= 4 is 16.7 Å². The fourth-order valence-electron chi connectivity index (χ4n) is 2.29. The van der Waals surface area contributed by atoms with Gasteiger partial charge in [-0.3, -0.25) is 9.89 Å². The highest BCUT2D eigenvalue weighted by Crippen LogP contribution is 2.30. The number of nitrogens with one attached hydrogen (secondary N) is 2. The monoisotopic (exact) mass is 284 g/mol. The van der Waals surface area contributed by atoms with Gasteiger partial charge in [0.05, 0.1) is 12.6 Å². The van der Waals surface area contributed by atoms with E-state index in [-0.39, 0.29) is 5.56 Å². The van der Waals surface area contributed by atoms with E-state index in [1.807, 2.05) is 43.3 Å². The number of methoxy groups -OCH3 is 1. The van der Waals surface area contributed by atoms with Crippen LogP contribution in [0.1, 0.15) is 0 Å². The van der Waals surface area contributed by atoms with Crippen LogP contribution < -0.4 is 15.2 Å². The molecule has 2 aromatic heterocycles. The minimum absolute atomic E-state index is 0.217. The first-order valence-electron chi connectivity index (χ1n) is 6.53. The molecule has 0 atom stereocenters. The van der Waals surface area contributed by atoms with E-state index in [4.69, 9.17) is 4.74 Å². The van der Waals surface area contributed by atoms with E-state index in [1.54, 1.807) is 0 Å². The predicted octanol–water partition coefficient (Wildman–Crippen LogP) is 1.99. The quantitative estimate of drug-likeness (QED) is 0.771. The average Bonchev–Trinajstić information content (AvgIpc) is 2.90. The molecule has 1 aromatic carbocycles. The molecule has 0 saturated heterocycles. The largest absolute Gasteiger partial charge is 0.494 e. The Morgan fingerprint density at radius 3 is 2.71 bits per heavy atom. The fourth-order valence-corrected chi connectivity index (χ4v) is 2.29. The average molecular weight is 284 g/mol. The summed E-state index contributed by atoms with van der Waals surface area (Å²) < 4.78 is 5.22. The standard InChI is InChI=1S/C15H16N4O2/c1-19(2)10-6-4-5-9(7-10)13-15-14(18-17-13)11(21-3)8-12(20)16-15/h4-8H,1-3H3,(H,16,20)(H,17,18). The topological polar surface area (TPSA) is 74.0 Å². The van der Waals surface area contributed by atoms with Gasteiger partial charge in [0.15, 0.2) is 5.75 Å². The number of fused-ring (bicyclic) bond motifs is 1. The first-order chi connectivity index (χ1) is 10.1. The van der Waals surface area contributed by atoms with Gasteiger partial charge in [-0.25, -0.2) is 0 Å². The Hall–Kier alpha value is -2.76. The van der Waals surface area contributed by atoms with E-state index in [0.29, 0.717) is 22.5 Å². The highest BCUT2D eigenvalue weighted by molar-refractivity contribution is 5.93. The smallest absolute Gasteiger partial charge is 0.252 e. The second-order valence-electron chi connectivity index (χ2n) is 4.97. The van der Waals surface area contributed by atoms with E-state index in [2.05, 4.69) is 15.2 Å². The molecule has 2 N–H and O–H groups in total. The highest BCUT2D eigenvalue weighted by atomic mass is 16.5. The second-order valence-corrected chi connectivity index (χ2v) is 4.97. The van der Waals surface area contributed by atoms with E-state index in [1.165, 1.54) is 13.2 Å². The first kappa shape index (κ1) is 13.2. The summed E-state index contributed by atoms with van der Waals surface area (Å²) in [7, 11) is 5.49. The van der Waals surface area contributed by atoms with Gasteiger partial charge in [0.25, 0.3) is 5.56 Å². The molecular weight excluding hydrogens is 268 g/mol. The van der Waals surface area contributed by atoms with Gasteiger partial charge in [0.2, 0.25) is 0 Å². The van der Waals surface area contributed by atoms with Crippen LogP contribution in [-0.4, -0.2) is 36.4 Å². The zero-order chi connectivity index (χ0) is 15.0. The summed E-state index contributed by atoms with van der Waals surface area (Å²) in [6.07, 6.45) is 0. The molecule has 6 nitrogen and oxygen atoms in total. The number of hydrogen-bond acceptors (Lipinski definition) is 4. The summed E-state index contributed by atoms with van der Waals surface area (Å²) >= 11 is 0. The number of aromatic amines is 2. The van der Waals surface area contributed by atoms with E-state index in [0.717, 1.165) is 11.3 Å². The third-order valence-electron chi connectivity index (χ3n) is 3.38. The van der Waals surface area contributed by atoms with Gasteiger partial charge in [0, 0.05) is 31.4 Å². The molecule has 0 bridgehead atoms. The molecule has 0 amide bonds. The van der Waals surface area contributed by atoms with Crippen LogP contribution in [0.25, 0.3) is 22.3 Å². The van der Waals surface area contributed by atoms with Crippen LogP contribution >= 0.6 is 0 Å². The minimum atomic E-state index is -0.217. The molecule has 21 heavy (non-hydrogen) atoms. The molecule has 0 aliphatic rings. The van der Waals surface area contributed by atoms with Gasteiger partial charge in [0.1, 0.15) is 11.2 Å². The zero-order valence-corrected chi connectivity index (χ0v) is 12.1. The van der Waals surface area contributed by atoms with Gasteiger partial charge in [-0.2, -0.15) is 5.10 Å². The van der Waals surface area contributed by atoms with Crippen molar-refractivity contribution in [2.24, 2.45) is 0 Å². The van der Waals surface area contributed by atoms with Crippen molar-refractivity contribution in [3.63, 3.8) is 0 Å². The third kappa shape index (κ3) is 2.24. The molecule has 0 aliphatic heterocycles. The molecule has 2 heterocycles. The zero-order valence-electron chi connectivity index (χ0n) is 12.1. The van der Waals surface area contributed by atoms with E-state index >= 15 is 0 Å². The summed E-state index contributed by atoms with van der Waals surface area (Å²) in [5.41, 5.74) is 3.80. The number of pyridine rings is 1. The molecule has 0 aliphatic carbocycles. The molecule has 0 fully saturated rings. The molecule has 108 valence electrons. The van der Waals surface area contributed by atoms with Crippen molar-refractivity contribution in [2.75, 3.05) is 26.1 Å². The van der Waals surface area contributed by atoms with Gasteiger partial charge in [-0.1, -0.05) is 12.1 Å². The van der Waals surface area contributed by atoms with Crippen molar-refractivity contribution < 1.29 is 4.74 Å². The van der Waals surface area contributed by atoms with Crippen molar-refractivity contribution in [1.29, 1.82) is 0 Å². The van der Waals surface area contributed by atoms with Gasteiger partial charge in [-0.05, 0) is 12.1 Å². The second kappa shape index (κ2) is 4.97. The lowest BCUT2D eigenvalue weighted by atomic mass is 10.1. The Morgan fingerprint density at radius 2 is 2.00 bits per heavy atom. The number of rotatable bonds is 3. The number of aromatic nitrogens is 3.